The number of aromatic nitrogens is 2. The van der Waals surface area contributed by atoms with Gasteiger partial charge in [-0.25, -0.2) is 4.39 Å². The van der Waals surface area contributed by atoms with Crippen LogP contribution in [-0.2, 0) is 13.6 Å². The second kappa shape index (κ2) is 4.98. The van der Waals surface area contributed by atoms with E-state index in [0.717, 1.165) is 21.4 Å². The van der Waals surface area contributed by atoms with E-state index in [4.69, 9.17) is 0 Å². The van der Waals surface area contributed by atoms with Crippen LogP contribution in [0.25, 0.3) is 11.3 Å². The maximum absolute atomic E-state index is 13.2. The number of benzene rings is 1. The summed E-state index contributed by atoms with van der Waals surface area (Å²) in [5.41, 5.74) is 2.61. The summed E-state index contributed by atoms with van der Waals surface area (Å²) in [6.45, 7) is 0.670. The van der Waals surface area contributed by atoms with Gasteiger partial charge in [0.05, 0.1) is 15.9 Å². The molecule has 90 valence electrons. The SMILES string of the molecule is CNCc1nn(C)c(-c2cccc(F)c2)c1Br. The predicted molar refractivity (Wildman–Crippen MR) is 69.1 cm³/mol. The first-order valence-electron chi connectivity index (χ1n) is 5.25. The summed E-state index contributed by atoms with van der Waals surface area (Å²) in [6, 6.07) is 6.50. The van der Waals surface area contributed by atoms with E-state index < -0.39 is 0 Å². The Hall–Kier alpha value is -1.20. The molecule has 0 atom stereocenters. The number of hydrogen-bond acceptors (Lipinski definition) is 2. The Kier molecular flexibility index (Phi) is 3.59. The molecule has 1 aromatic heterocycles. The van der Waals surface area contributed by atoms with Crippen LogP contribution in [0.4, 0.5) is 4.39 Å². The van der Waals surface area contributed by atoms with Gasteiger partial charge in [0, 0.05) is 19.2 Å². The van der Waals surface area contributed by atoms with E-state index in [0.29, 0.717) is 6.54 Å². The highest BCUT2D eigenvalue weighted by Crippen LogP contribution is 2.30. The fourth-order valence-corrected chi connectivity index (χ4v) is 2.49. The lowest BCUT2D eigenvalue weighted by Gasteiger charge is -2.03. The molecule has 3 nitrogen and oxygen atoms in total. The molecule has 1 aromatic carbocycles. The Balaban J connectivity index is 2.52. The number of halogens is 2. The molecule has 5 heteroatoms. The maximum atomic E-state index is 13.2. The smallest absolute Gasteiger partial charge is 0.123 e. The van der Waals surface area contributed by atoms with Crippen LogP contribution < -0.4 is 5.32 Å². The van der Waals surface area contributed by atoms with Gasteiger partial charge < -0.3 is 5.32 Å². The van der Waals surface area contributed by atoms with Crippen LogP contribution in [0.15, 0.2) is 28.7 Å². The van der Waals surface area contributed by atoms with Crippen molar-refractivity contribution in [3.8, 4) is 11.3 Å². The minimum absolute atomic E-state index is 0.245. The Morgan fingerprint density at radius 2 is 2.24 bits per heavy atom. The average Bonchev–Trinajstić information content (AvgIpc) is 2.55. The second-order valence-electron chi connectivity index (χ2n) is 3.77. The van der Waals surface area contributed by atoms with Crippen LogP contribution in [-0.4, -0.2) is 16.8 Å². The lowest BCUT2D eigenvalue weighted by Crippen LogP contribution is -2.06. The molecule has 0 bridgehead atoms. The van der Waals surface area contributed by atoms with Gasteiger partial charge in [-0.15, -0.1) is 0 Å². The Morgan fingerprint density at radius 1 is 1.47 bits per heavy atom. The fraction of sp³-hybridized carbons (Fsp3) is 0.250. The summed E-state index contributed by atoms with van der Waals surface area (Å²) in [5.74, 6) is -0.245. The average molecular weight is 298 g/mol. The maximum Gasteiger partial charge on any atom is 0.123 e. The molecule has 1 N–H and O–H groups in total. The summed E-state index contributed by atoms with van der Waals surface area (Å²) in [7, 11) is 3.72. The molecule has 17 heavy (non-hydrogen) atoms. The van der Waals surface area contributed by atoms with E-state index in [1.54, 1.807) is 10.7 Å². The lowest BCUT2D eigenvalue weighted by atomic mass is 10.1. The van der Waals surface area contributed by atoms with Crippen molar-refractivity contribution in [2.45, 2.75) is 6.54 Å². The van der Waals surface area contributed by atoms with Gasteiger partial charge in [-0.05, 0) is 35.1 Å². The second-order valence-corrected chi connectivity index (χ2v) is 4.57. The van der Waals surface area contributed by atoms with E-state index >= 15 is 0 Å². The van der Waals surface area contributed by atoms with Gasteiger partial charge in [0.1, 0.15) is 5.82 Å². The van der Waals surface area contributed by atoms with E-state index in [-0.39, 0.29) is 5.82 Å². The fourth-order valence-electron chi connectivity index (χ4n) is 1.78. The van der Waals surface area contributed by atoms with Gasteiger partial charge in [0.2, 0.25) is 0 Å². The molecule has 0 spiro atoms. The third-order valence-electron chi connectivity index (χ3n) is 2.50. The van der Waals surface area contributed by atoms with Crippen LogP contribution in [0.5, 0.6) is 0 Å². The minimum atomic E-state index is -0.245. The third kappa shape index (κ3) is 2.40. The molecule has 0 saturated carbocycles. The van der Waals surface area contributed by atoms with E-state index in [2.05, 4.69) is 26.3 Å². The van der Waals surface area contributed by atoms with Crippen LogP contribution in [0.1, 0.15) is 5.69 Å². The molecule has 0 aliphatic rings. The summed E-state index contributed by atoms with van der Waals surface area (Å²) in [6.07, 6.45) is 0. The van der Waals surface area contributed by atoms with Gasteiger partial charge in [0.25, 0.3) is 0 Å². The summed E-state index contributed by atoms with van der Waals surface area (Å²) >= 11 is 3.52. The Morgan fingerprint density at radius 3 is 2.88 bits per heavy atom. The molecular weight excluding hydrogens is 285 g/mol. The number of nitrogens with one attached hydrogen (secondary N) is 1. The van der Waals surface area contributed by atoms with Crippen LogP contribution in [0, 0.1) is 5.82 Å². The Bertz CT molecular complexity index is 537. The topological polar surface area (TPSA) is 29.9 Å². The summed E-state index contributed by atoms with van der Waals surface area (Å²) in [4.78, 5) is 0. The highest BCUT2D eigenvalue weighted by atomic mass is 79.9. The normalized spacial score (nSPS) is 10.8. The van der Waals surface area contributed by atoms with Crippen molar-refractivity contribution in [3.05, 3.63) is 40.2 Å². The van der Waals surface area contributed by atoms with Crippen molar-refractivity contribution in [2.75, 3.05) is 7.05 Å². The molecule has 0 radical (unpaired) electrons. The standard InChI is InChI=1S/C12H13BrFN3/c1-15-7-10-11(13)12(17(2)16-10)8-4-3-5-9(14)6-8/h3-6,15H,7H2,1-2H3. The highest BCUT2D eigenvalue weighted by Gasteiger charge is 2.15. The highest BCUT2D eigenvalue weighted by molar-refractivity contribution is 9.10. The number of hydrogen-bond donors (Lipinski definition) is 1. The molecule has 0 amide bonds. The third-order valence-corrected chi connectivity index (χ3v) is 3.33. The zero-order valence-electron chi connectivity index (χ0n) is 9.67. The quantitative estimate of drug-likeness (QED) is 0.944. The molecule has 0 saturated heterocycles. The summed E-state index contributed by atoms with van der Waals surface area (Å²) in [5, 5.41) is 7.44. The predicted octanol–water partition coefficient (Wildman–Crippen LogP) is 2.71. The van der Waals surface area contributed by atoms with Gasteiger partial charge in [-0.3, -0.25) is 4.68 Å². The zero-order chi connectivity index (χ0) is 12.4. The first-order valence-corrected chi connectivity index (χ1v) is 6.04. The van der Waals surface area contributed by atoms with Crippen molar-refractivity contribution >= 4 is 15.9 Å². The molecule has 0 aliphatic heterocycles. The van der Waals surface area contributed by atoms with Gasteiger partial charge in [-0.1, -0.05) is 12.1 Å². The molecular formula is C12H13BrFN3. The van der Waals surface area contributed by atoms with Gasteiger partial charge in [-0.2, -0.15) is 5.10 Å². The van der Waals surface area contributed by atoms with Gasteiger partial charge >= 0.3 is 0 Å². The van der Waals surface area contributed by atoms with E-state index in [1.165, 1.54) is 12.1 Å². The number of aryl methyl sites for hydroxylation is 1. The number of nitrogens with zero attached hydrogens (tertiary/aromatic N) is 2. The van der Waals surface area contributed by atoms with Crippen LogP contribution in [0.2, 0.25) is 0 Å². The minimum Gasteiger partial charge on any atom is -0.314 e. The molecule has 0 fully saturated rings. The first-order chi connectivity index (χ1) is 8.13. The van der Waals surface area contributed by atoms with E-state index in [1.807, 2.05) is 20.2 Å². The van der Waals surface area contributed by atoms with Crippen LogP contribution in [0.3, 0.4) is 0 Å². The van der Waals surface area contributed by atoms with Gasteiger partial charge in [0.15, 0.2) is 0 Å². The largest absolute Gasteiger partial charge is 0.314 e. The molecule has 0 aliphatic carbocycles. The Labute approximate surface area is 108 Å². The lowest BCUT2D eigenvalue weighted by molar-refractivity contribution is 0.628. The van der Waals surface area contributed by atoms with Crippen molar-refractivity contribution in [1.29, 1.82) is 0 Å². The van der Waals surface area contributed by atoms with Crippen molar-refractivity contribution in [1.82, 2.24) is 15.1 Å². The first kappa shape index (κ1) is 12.3. The van der Waals surface area contributed by atoms with Crippen molar-refractivity contribution in [3.63, 3.8) is 0 Å². The summed E-state index contributed by atoms with van der Waals surface area (Å²) < 4.78 is 15.9. The molecule has 2 rings (SSSR count). The van der Waals surface area contributed by atoms with E-state index in [9.17, 15) is 4.39 Å². The molecule has 1 heterocycles. The van der Waals surface area contributed by atoms with Crippen molar-refractivity contribution in [2.24, 2.45) is 7.05 Å². The monoisotopic (exact) mass is 297 g/mol. The molecule has 0 unspecified atom stereocenters. The zero-order valence-corrected chi connectivity index (χ0v) is 11.3. The molecule has 2 aromatic rings. The number of rotatable bonds is 3. The van der Waals surface area contributed by atoms with Crippen molar-refractivity contribution < 1.29 is 4.39 Å². The van der Waals surface area contributed by atoms with Crippen LogP contribution >= 0.6 is 15.9 Å².